The topological polar surface area (TPSA) is 99.4 Å². The lowest BCUT2D eigenvalue weighted by atomic mass is 10.2. The fraction of sp³-hybridized carbons (Fsp3) is 0. The smallest absolute Gasteiger partial charge is 0.162 e. The minimum Gasteiger partial charge on any atom is -0.382 e. The first-order valence-corrected chi connectivity index (χ1v) is 6.11. The Hall–Kier alpha value is -2.38. The van der Waals surface area contributed by atoms with E-state index in [1.54, 1.807) is 30.3 Å². The van der Waals surface area contributed by atoms with Crippen molar-refractivity contribution in [2.45, 2.75) is 0 Å². The van der Waals surface area contributed by atoms with Gasteiger partial charge in [-0.15, -0.1) is 0 Å². The summed E-state index contributed by atoms with van der Waals surface area (Å²) in [6.07, 6.45) is 0. The summed E-state index contributed by atoms with van der Waals surface area (Å²) in [6.45, 7) is 0. The van der Waals surface area contributed by atoms with Gasteiger partial charge in [-0.25, -0.2) is 9.97 Å². The molecule has 5 nitrogen and oxygen atoms in total. The first-order chi connectivity index (χ1) is 9.56. The highest BCUT2D eigenvalue weighted by Crippen LogP contribution is 2.28. The summed E-state index contributed by atoms with van der Waals surface area (Å²) in [6, 6.07) is 8.59. The molecule has 0 saturated carbocycles. The van der Waals surface area contributed by atoms with Gasteiger partial charge in [0.1, 0.15) is 28.2 Å². The van der Waals surface area contributed by atoms with Crippen molar-refractivity contribution >= 4 is 40.5 Å². The fourth-order valence-corrected chi connectivity index (χ4v) is 1.80. The summed E-state index contributed by atoms with van der Waals surface area (Å²) in [5, 5.41) is 16.6. The molecular formula is C13H7Cl2N5. The van der Waals surface area contributed by atoms with Gasteiger partial charge in [-0.2, -0.15) is 5.26 Å². The van der Waals surface area contributed by atoms with Crippen LogP contribution in [0.5, 0.6) is 0 Å². The van der Waals surface area contributed by atoms with Crippen LogP contribution in [-0.4, -0.2) is 15.8 Å². The van der Waals surface area contributed by atoms with Crippen LogP contribution < -0.4 is 5.73 Å². The van der Waals surface area contributed by atoms with Crippen LogP contribution in [0.2, 0.25) is 10.0 Å². The van der Waals surface area contributed by atoms with E-state index in [2.05, 4.69) is 9.97 Å². The molecule has 0 saturated heterocycles. The zero-order valence-electron chi connectivity index (χ0n) is 9.98. The van der Waals surface area contributed by atoms with Crippen molar-refractivity contribution in [3.63, 3.8) is 0 Å². The molecule has 2 rings (SSSR count). The van der Waals surface area contributed by atoms with E-state index in [0.29, 0.717) is 16.4 Å². The predicted molar refractivity (Wildman–Crippen MR) is 78.6 cm³/mol. The molecular weight excluding hydrogens is 297 g/mol. The number of nitrogen functional groups attached to an aromatic ring is 1. The molecule has 1 heterocycles. The van der Waals surface area contributed by atoms with Crippen LogP contribution in [0, 0.1) is 16.7 Å². The Bertz CT molecular complexity index is 756. The number of nitrogens with zero attached hydrogens (tertiary/aromatic N) is 3. The number of rotatable bonds is 2. The molecule has 0 aliphatic rings. The maximum absolute atomic E-state index is 8.95. The molecule has 1 aromatic carbocycles. The Balaban J connectivity index is 2.66. The van der Waals surface area contributed by atoms with Crippen molar-refractivity contribution in [3.05, 3.63) is 40.0 Å². The number of anilines is 1. The van der Waals surface area contributed by atoms with Crippen LogP contribution in [0.1, 0.15) is 5.69 Å². The van der Waals surface area contributed by atoms with Crippen LogP contribution in [0.25, 0.3) is 17.0 Å². The van der Waals surface area contributed by atoms with E-state index in [-0.39, 0.29) is 22.1 Å². The third-order valence-corrected chi connectivity index (χ3v) is 3.08. The van der Waals surface area contributed by atoms with Gasteiger partial charge >= 0.3 is 0 Å². The largest absolute Gasteiger partial charge is 0.382 e. The van der Waals surface area contributed by atoms with Crippen LogP contribution >= 0.6 is 23.2 Å². The quantitative estimate of drug-likeness (QED) is 0.657. The molecule has 20 heavy (non-hydrogen) atoms. The lowest BCUT2D eigenvalue weighted by Crippen LogP contribution is -2.02. The summed E-state index contributed by atoms with van der Waals surface area (Å²) >= 11 is 11.8. The molecule has 0 aliphatic carbocycles. The number of benzene rings is 1. The van der Waals surface area contributed by atoms with E-state index in [1.165, 1.54) is 0 Å². The molecule has 0 bridgehead atoms. The number of nitrogens with one attached hydrogen (secondary N) is 1. The Labute approximate surface area is 124 Å². The van der Waals surface area contributed by atoms with E-state index in [9.17, 15) is 0 Å². The van der Waals surface area contributed by atoms with Gasteiger partial charge in [0.2, 0.25) is 0 Å². The van der Waals surface area contributed by atoms with Crippen LogP contribution in [0.4, 0.5) is 5.82 Å². The molecule has 0 aliphatic heterocycles. The van der Waals surface area contributed by atoms with E-state index in [4.69, 9.17) is 39.6 Å². The molecule has 1 aromatic heterocycles. The second-order valence-electron chi connectivity index (χ2n) is 3.71. The number of hydrogen-bond donors (Lipinski definition) is 2. The van der Waals surface area contributed by atoms with Gasteiger partial charge in [0.15, 0.2) is 5.82 Å². The number of hydrogen-bond acceptors (Lipinski definition) is 5. The molecule has 0 spiro atoms. The fourth-order valence-electron chi connectivity index (χ4n) is 1.50. The molecule has 98 valence electrons. The number of aromatic nitrogens is 2. The minimum atomic E-state index is -0.112. The van der Waals surface area contributed by atoms with Gasteiger partial charge in [0.05, 0.1) is 0 Å². The van der Waals surface area contributed by atoms with Gasteiger partial charge in [-0.3, -0.25) is 5.41 Å². The summed E-state index contributed by atoms with van der Waals surface area (Å²) < 4.78 is 0. The van der Waals surface area contributed by atoms with E-state index in [1.807, 2.05) is 5.87 Å². The summed E-state index contributed by atoms with van der Waals surface area (Å²) in [7, 11) is 0. The van der Waals surface area contributed by atoms with Crippen LogP contribution in [0.3, 0.4) is 0 Å². The summed E-state index contributed by atoms with van der Waals surface area (Å²) in [5.41, 5.74) is 6.36. The van der Waals surface area contributed by atoms with Crippen LogP contribution in [0.15, 0.2) is 24.3 Å². The zero-order valence-corrected chi connectivity index (χ0v) is 11.5. The molecule has 0 radical (unpaired) electrons. The predicted octanol–water partition coefficient (Wildman–Crippen LogP) is 3.19. The Morgan fingerprint density at radius 1 is 1.20 bits per heavy atom. The van der Waals surface area contributed by atoms with E-state index < -0.39 is 0 Å². The molecule has 0 unspecified atom stereocenters. The molecule has 7 heteroatoms. The highest BCUT2D eigenvalue weighted by Gasteiger charge is 2.15. The lowest BCUT2D eigenvalue weighted by Gasteiger charge is -2.07. The Morgan fingerprint density at radius 2 is 1.85 bits per heavy atom. The first kappa shape index (κ1) is 14.0. The van der Waals surface area contributed by atoms with Gasteiger partial charge in [-0.1, -0.05) is 23.2 Å². The Morgan fingerprint density at radius 3 is 2.40 bits per heavy atom. The van der Waals surface area contributed by atoms with Crippen molar-refractivity contribution in [3.8, 4) is 17.5 Å². The third kappa shape index (κ3) is 2.63. The van der Waals surface area contributed by atoms with Gasteiger partial charge in [0.25, 0.3) is 0 Å². The standard InChI is InChI=1S/C13H7Cl2N5/c14-9-3-1-7(2-4-9)13-19-11(8(5-16)6-17)10(15)12(18)20-13/h1-4,16H,(H2,18,19,20). The van der Waals surface area contributed by atoms with Crippen molar-refractivity contribution < 1.29 is 0 Å². The highest BCUT2D eigenvalue weighted by atomic mass is 35.5. The zero-order chi connectivity index (χ0) is 14.7. The monoisotopic (exact) mass is 303 g/mol. The summed E-state index contributed by atoms with van der Waals surface area (Å²) in [5.74, 6) is 2.30. The maximum Gasteiger partial charge on any atom is 0.162 e. The average molecular weight is 304 g/mol. The van der Waals surface area contributed by atoms with Gasteiger partial charge < -0.3 is 5.73 Å². The van der Waals surface area contributed by atoms with Gasteiger partial charge in [-0.05, 0) is 30.1 Å². The molecule has 0 fully saturated rings. The van der Waals surface area contributed by atoms with Crippen molar-refractivity contribution in [2.75, 3.05) is 5.73 Å². The molecule has 0 atom stereocenters. The van der Waals surface area contributed by atoms with Crippen LogP contribution in [-0.2, 0) is 0 Å². The van der Waals surface area contributed by atoms with Gasteiger partial charge in [0, 0.05) is 10.6 Å². The number of allylic oxidation sites excluding steroid dienone is 1. The van der Waals surface area contributed by atoms with Crippen molar-refractivity contribution in [2.24, 2.45) is 0 Å². The number of nitrogens with two attached hydrogens (primary N) is 1. The third-order valence-electron chi connectivity index (χ3n) is 2.45. The summed E-state index contributed by atoms with van der Waals surface area (Å²) in [4.78, 5) is 8.23. The number of halogens is 2. The second-order valence-corrected chi connectivity index (χ2v) is 4.53. The normalized spacial score (nSPS) is 9.65. The maximum atomic E-state index is 8.95. The minimum absolute atomic E-state index is 0.0269. The molecule has 3 N–H and O–H groups in total. The number of nitriles is 1. The van der Waals surface area contributed by atoms with Crippen molar-refractivity contribution in [1.82, 2.24) is 9.97 Å². The second kappa shape index (κ2) is 5.72. The molecule has 0 amide bonds. The SMILES string of the molecule is N#CC(=C=N)c1nc(-c2ccc(Cl)cc2)nc(N)c1Cl. The lowest BCUT2D eigenvalue weighted by molar-refractivity contribution is 1.16. The first-order valence-electron chi connectivity index (χ1n) is 5.36. The van der Waals surface area contributed by atoms with Crippen molar-refractivity contribution in [1.29, 1.82) is 10.7 Å². The van der Waals surface area contributed by atoms with E-state index in [0.717, 1.165) is 0 Å². The Kier molecular flexibility index (Phi) is 4.02. The van der Waals surface area contributed by atoms with E-state index >= 15 is 0 Å². The highest BCUT2D eigenvalue weighted by molar-refractivity contribution is 6.35. The molecule has 2 aromatic rings. The average Bonchev–Trinajstić information content (AvgIpc) is 2.45.